The van der Waals surface area contributed by atoms with E-state index in [1.165, 1.54) is 0 Å². The van der Waals surface area contributed by atoms with Gasteiger partial charge >= 0.3 is 6.03 Å². The second-order valence-corrected chi connectivity index (χ2v) is 4.85. The van der Waals surface area contributed by atoms with Gasteiger partial charge in [-0.05, 0) is 31.9 Å². The van der Waals surface area contributed by atoms with E-state index in [0.717, 1.165) is 17.7 Å². The Morgan fingerprint density at radius 3 is 2.70 bits per heavy atom. The molecule has 0 spiro atoms. The second-order valence-electron chi connectivity index (χ2n) is 4.85. The molecule has 1 aromatic rings. The number of aliphatic hydroxyl groups is 1. The van der Waals surface area contributed by atoms with Gasteiger partial charge in [0.15, 0.2) is 0 Å². The van der Waals surface area contributed by atoms with Crippen molar-refractivity contribution < 1.29 is 14.6 Å². The zero-order valence-corrected chi connectivity index (χ0v) is 12.3. The normalized spacial score (nSPS) is 13.4. The molecule has 0 saturated heterocycles. The van der Waals surface area contributed by atoms with E-state index < -0.39 is 0 Å². The van der Waals surface area contributed by atoms with Crippen LogP contribution in [0.4, 0.5) is 4.79 Å². The van der Waals surface area contributed by atoms with E-state index in [1.54, 1.807) is 6.92 Å². The van der Waals surface area contributed by atoms with Gasteiger partial charge in [0.25, 0.3) is 0 Å². The number of urea groups is 1. The first kappa shape index (κ1) is 16.3. The summed E-state index contributed by atoms with van der Waals surface area (Å²) in [6.07, 6.45) is 0.718. The number of carbonyl (C=O) groups is 1. The summed E-state index contributed by atoms with van der Waals surface area (Å²) in [6, 6.07) is 7.26. The fourth-order valence-electron chi connectivity index (χ4n) is 1.66. The molecule has 5 heteroatoms. The molecule has 0 aliphatic carbocycles. The van der Waals surface area contributed by atoms with Gasteiger partial charge in [0.2, 0.25) is 0 Å². The monoisotopic (exact) mass is 280 g/mol. The number of aliphatic hydroxyl groups excluding tert-OH is 1. The zero-order valence-electron chi connectivity index (χ0n) is 12.3. The highest BCUT2D eigenvalue weighted by atomic mass is 16.5. The van der Waals surface area contributed by atoms with Crippen molar-refractivity contribution in [2.75, 3.05) is 13.2 Å². The van der Waals surface area contributed by atoms with Gasteiger partial charge < -0.3 is 20.5 Å². The number of aryl methyl sites for hydroxylation is 1. The van der Waals surface area contributed by atoms with Gasteiger partial charge in [-0.25, -0.2) is 4.79 Å². The summed E-state index contributed by atoms with van der Waals surface area (Å²) in [4.78, 5) is 11.6. The number of hydrogen-bond donors (Lipinski definition) is 3. The van der Waals surface area contributed by atoms with Crippen molar-refractivity contribution in [2.45, 2.75) is 39.3 Å². The Kier molecular flexibility index (Phi) is 6.87. The second kappa shape index (κ2) is 8.43. The molecule has 20 heavy (non-hydrogen) atoms. The van der Waals surface area contributed by atoms with E-state index in [4.69, 9.17) is 9.84 Å². The summed E-state index contributed by atoms with van der Waals surface area (Å²) in [5.74, 6) is 0.838. The molecular weight excluding hydrogens is 256 g/mol. The zero-order chi connectivity index (χ0) is 15.0. The molecule has 0 aromatic heterocycles. The minimum atomic E-state index is -0.293. The number of para-hydroxylation sites is 1. The highest BCUT2D eigenvalue weighted by Gasteiger charge is 2.12. The maximum Gasteiger partial charge on any atom is 0.315 e. The lowest BCUT2D eigenvalue weighted by Crippen LogP contribution is -2.45. The number of rotatable bonds is 7. The SMILES string of the molecule is CCC(CNC(=O)NC(C)CO)Oc1ccccc1C. The lowest BCUT2D eigenvalue weighted by Gasteiger charge is -2.20. The molecule has 2 unspecified atom stereocenters. The van der Waals surface area contributed by atoms with Crippen LogP contribution in [0.5, 0.6) is 5.75 Å². The Morgan fingerprint density at radius 2 is 2.10 bits per heavy atom. The molecular formula is C15H24N2O3. The van der Waals surface area contributed by atoms with Crippen molar-refractivity contribution in [1.29, 1.82) is 0 Å². The fraction of sp³-hybridized carbons (Fsp3) is 0.533. The third-order valence-corrected chi connectivity index (χ3v) is 2.98. The van der Waals surface area contributed by atoms with Crippen LogP contribution in [0.2, 0.25) is 0 Å². The van der Waals surface area contributed by atoms with Crippen molar-refractivity contribution in [3.8, 4) is 5.75 Å². The van der Waals surface area contributed by atoms with Crippen LogP contribution in [-0.2, 0) is 0 Å². The van der Waals surface area contributed by atoms with Gasteiger partial charge in [0.05, 0.1) is 19.2 Å². The number of amides is 2. The summed E-state index contributed by atoms with van der Waals surface area (Å²) < 4.78 is 5.88. The maximum atomic E-state index is 11.6. The number of ether oxygens (including phenoxy) is 1. The summed E-state index contributed by atoms with van der Waals surface area (Å²) in [6.45, 7) is 6.09. The van der Waals surface area contributed by atoms with Crippen LogP contribution in [0.25, 0.3) is 0 Å². The van der Waals surface area contributed by atoms with Gasteiger partial charge in [-0.1, -0.05) is 25.1 Å². The minimum Gasteiger partial charge on any atom is -0.488 e. The average Bonchev–Trinajstić information content (AvgIpc) is 2.45. The molecule has 0 fully saturated rings. The van der Waals surface area contributed by atoms with E-state index >= 15 is 0 Å². The average molecular weight is 280 g/mol. The standard InChI is InChI=1S/C15H24N2O3/c1-4-13(9-16-15(19)17-12(3)10-18)20-14-8-6-5-7-11(14)2/h5-8,12-13,18H,4,9-10H2,1-3H3,(H2,16,17,19). The van der Waals surface area contributed by atoms with Crippen LogP contribution in [-0.4, -0.2) is 36.4 Å². The molecule has 0 saturated carbocycles. The lowest BCUT2D eigenvalue weighted by atomic mass is 10.2. The van der Waals surface area contributed by atoms with Gasteiger partial charge in [0, 0.05) is 0 Å². The largest absolute Gasteiger partial charge is 0.488 e. The quantitative estimate of drug-likeness (QED) is 0.713. The highest BCUT2D eigenvalue weighted by Crippen LogP contribution is 2.18. The molecule has 3 N–H and O–H groups in total. The number of carbonyl (C=O) groups excluding carboxylic acids is 1. The van der Waals surface area contributed by atoms with Crippen LogP contribution in [0.15, 0.2) is 24.3 Å². The fourth-order valence-corrected chi connectivity index (χ4v) is 1.66. The van der Waals surface area contributed by atoms with E-state index in [1.807, 2.05) is 38.1 Å². The third kappa shape index (κ3) is 5.48. The molecule has 0 radical (unpaired) electrons. The molecule has 0 bridgehead atoms. The van der Waals surface area contributed by atoms with E-state index in [2.05, 4.69) is 10.6 Å². The molecule has 0 aliphatic rings. The molecule has 0 aliphatic heterocycles. The molecule has 0 heterocycles. The van der Waals surface area contributed by atoms with Crippen molar-refractivity contribution in [3.63, 3.8) is 0 Å². The van der Waals surface area contributed by atoms with Gasteiger partial charge in [-0.15, -0.1) is 0 Å². The third-order valence-electron chi connectivity index (χ3n) is 2.98. The Morgan fingerprint density at radius 1 is 1.40 bits per heavy atom. The summed E-state index contributed by atoms with van der Waals surface area (Å²) in [5.41, 5.74) is 1.07. The van der Waals surface area contributed by atoms with Crippen LogP contribution < -0.4 is 15.4 Å². The van der Waals surface area contributed by atoms with Crippen LogP contribution in [0.3, 0.4) is 0 Å². The molecule has 2 amide bonds. The summed E-state index contributed by atoms with van der Waals surface area (Å²) in [5, 5.41) is 14.2. The number of benzene rings is 1. The van der Waals surface area contributed by atoms with Crippen LogP contribution >= 0.6 is 0 Å². The Balaban J connectivity index is 2.44. The number of hydrogen-bond acceptors (Lipinski definition) is 3. The first-order valence-electron chi connectivity index (χ1n) is 6.94. The first-order chi connectivity index (χ1) is 9.56. The Labute approximate surface area is 120 Å². The molecule has 2 atom stereocenters. The van der Waals surface area contributed by atoms with E-state index in [-0.39, 0.29) is 24.8 Å². The van der Waals surface area contributed by atoms with Crippen LogP contribution in [0, 0.1) is 6.92 Å². The van der Waals surface area contributed by atoms with Crippen molar-refractivity contribution in [1.82, 2.24) is 10.6 Å². The van der Waals surface area contributed by atoms with E-state index in [0.29, 0.717) is 6.54 Å². The Bertz CT molecular complexity index is 423. The van der Waals surface area contributed by atoms with Gasteiger partial charge in [0.1, 0.15) is 11.9 Å². The lowest BCUT2D eigenvalue weighted by molar-refractivity contribution is 0.185. The Hall–Kier alpha value is -1.75. The van der Waals surface area contributed by atoms with Gasteiger partial charge in [-0.2, -0.15) is 0 Å². The molecule has 1 rings (SSSR count). The van der Waals surface area contributed by atoms with Gasteiger partial charge in [-0.3, -0.25) is 0 Å². The minimum absolute atomic E-state index is 0.0775. The first-order valence-corrected chi connectivity index (χ1v) is 6.94. The summed E-state index contributed by atoms with van der Waals surface area (Å²) >= 11 is 0. The predicted molar refractivity (Wildman–Crippen MR) is 79.0 cm³/mol. The maximum absolute atomic E-state index is 11.6. The summed E-state index contributed by atoms with van der Waals surface area (Å²) in [7, 11) is 0. The van der Waals surface area contributed by atoms with Crippen LogP contribution in [0.1, 0.15) is 25.8 Å². The van der Waals surface area contributed by atoms with Crippen molar-refractivity contribution >= 4 is 6.03 Å². The topological polar surface area (TPSA) is 70.6 Å². The molecule has 5 nitrogen and oxygen atoms in total. The predicted octanol–water partition coefficient (Wildman–Crippen LogP) is 1.83. The smallest absolute Gasteiger partial charge is 0.315 e. The molecule has 112 valence electrons. The van der Waals surface area contributed by atoms with Crippen molar-refractivity contribution in [2.24, 2.45) is 0 Å². The highest BCUT2D eigenvalue weighted by molar-refractivity contribution is 5.74. The number of nitrogens with one attached hydrogen (secondary N) is 2. The van der Waals surface area contributed by atoms with Crippen molar-refractivity contribution in [3.05, 3.63) is 29.8 Å². The molecule has 1 aromatic carbocycles. The van der Waals surface area contributed by atoms with E-state index in [9.17, 15) is 4.79 Å².